The van der Waals surface area contributed by atoms with Gasteiger partial charge in [0.1, 0.15) is 12.9 Å². The van der Waals surface area contributed by atoms with Crippen LogP contribution in [0.2, 0.25) is 0 Å². The molecule has 0 aliphatic carbocycles. The van der Waals surface area contributed by atoms with E-state index in [1.165, 1.54) is 23.1 Å². The van der Waals surface area contributed by atoms with Crippen LogP contribution in [0.3, 0.4) is 0 Å². The van der Waals surface area contributed by atoms with Gasteiger partial charge in [0, 0.05) is 18.6 Å². The van der Waals surface area contributed by atoms with E-state index in [9.17, 15) is 14.9 Å². The topological polar surface area (TPSA) is 113 Å². The van der Waals surface area contributed by atoms with Crippen molar-refractivity contribution in [1.29, 1.82) is 0 Å². The van der Waals surface area contributed by atoms with Crippen molar-refractivity contribution < 1.29 is 14.5 Å². The Balaban J connectivity index is 1.68. The van der Waals surface area contributed by atoms with Gasteiger partial charge in [0.15, 0.2) is 6.04 Å². The van der Waals surface area contributed by atoms with Gasteiger partial charge >= 0.3 is 5.97 Å². The van der Waals surface area contributed by atoms with Gasteiger partial charge in [-0.15, -0.1) is 5.10 Å². The van der Waals surface area contributed by atoms with Crippen LogP contribution in [0.5, 0.6) is 0 Å². The van der Waals surface area contributed by atoms with Crippen LogP contribution in [-0.4, -0.2) is 31.1 Å². The molecule has 0 radical (unpaired) electrons. The lowest BCUT2D eigenvalue weighted by molar-refractivity contribution is -0.384. The summed E-state index contributed by atoms with van der Waals surface area (Å²) in [4.78, 5) is 22.7. The summed E-state index contributed by atoms with van der Waals surface area (Å²) in [5, 5.41) is 21.6. The number of carbonyl (C=O) groups excluding carboxylic acids is 1. The van der Waals surface area contributed by atoms with Crippen molar-refractivity contribution in [2.75, 3.05) is 0 Å². The van der Waals surface area contributed by atoms with Crippen molar-refractivity contribution in [1.82, 2.24) is 20.2 Å². The summed E-state index contributed by atoms with van der Waals surface area (Å²) in [6, 6.07) is 14.6. The average Bonchev–Trinajstić information content (AvgIpc) is 3.19. The van der Waals surface area contributed by atoms with E-state index in [1.807, 2.05) is 30.3 Å². The van der Waals surface area contributed by atoms with E-state index in [2.05, 4.69) is 15.5 Å². The highest BCUT2D eigenvalue weighted by Gasteiger charge is 2.24. The molecule has 1 aromatic heterocycles. The number of nitro benzene ring substituents is 1. The molecule has 0 bridgehead atoms. The number of benzene rings is 2. The molecule has 0 saturated carbocycles. The van der Waals surface area contributed by atoms with E-state index in [-0.39, 0.29) is 12.3 Å². The first kappa shape index (κ1) is 17.2. The van der Waals surface area contributed by atoms with Crippen LogP contribution in [0.15, 0.2) is 60.9 Å². The molecule has 0 fully saturated rings. The number of nitrogens with zero attached hydrogens (tertiary/aromatic N) is 5. The molecule has 0 unspecified atom stereocenters. The molecule has 9 heteroatoms. The third-order valence-electron chi connectivity index (χ3n) is 3.76. The van der Waals surface area contributed by atoms with Gasteiger partial charge in [-0.2, -0.15) is 0 Å². The Labute approximate surface area is 148 Å². The van der Waals surface area contributed by atoms with Crippen LogP contribution in [0.4, 0.5) is 5.69 Å². The van der Waals surface area contributed by atoms with Gasteiger partial charge in [-0.3, -0.25) is 10.1 Å². The maximum absolute atomic E-state index is 12.5. The molecule has 1 heterocycles. The molecule has 0 aliphatic heterocycles. The molecule has 26 heavy (non-hydrogen) atoms. The number of non-ortho nitro benzene ring substituents is 1. The van der Waals surface area contributed by atoms with Crippen LogP contribution in [0.1, 0.15) is 17.2 Å². The number of hydrogen-bond donors (Lipinski definition) is 0. The van der Waals surface area contributed by atoms with E-state index < -0.39 is 16.9 Å². The Morgan fingerprint density at radius 2 is 1.85 bits per heavy atom. The fraction of sp³-hybridized carbons (Fsp3) is 0.176. The van der Waals surface area contributed by atoms with Crippen LogP contribution in [-0.2, 0) is 22.6 Å². The molecular weight excluding hydrogens is 338 g/mol. The zero-order valence-corrected chi connectivity index (χ0v) is 13.6. The summed E-state index contributed by atoms with van der Waals surface area (Å²) in [5.74, 6) is -0.487. The first-order chi connectivity index (χ1) is 12.6. The number of ether oxygens (including phenoxy) is 1. The molecular formula is C17H15N5O4. The standard InChI is InChI=1S/C17H15N5O4/c23-17(26-11-14-6-8-15(9-7-14)22(24)25)16(21-12-18-19-20-21)10-13-4-2-1-3-5-13/h1-9,12,16H,10-11H2/t16-/m1/s1. The van der Waals surface area contributed by atoms with Crippen LogP contribution < -0.4 is 0 Å². The quantitative estimate of drug-likeness (QED) is 0.363. The highest BCUT2D eigenvalue weighted by atomic mass is 16.6. The predicted molar refractivity (Wildman–Crippen MR) is 89.9 cm³/mol. The summed E-state index contributed by atoms with van der Waals surface area (Å²) >= 11 is 0. The lowest BCUT2D eigenvalue weighted by Crippen LogP contribution is -2.24. The van der Waals surface area contributed by atoms with Gasteiger partial charge in [-0.25, -0.2) is 9.48 Å². The lowest BCUT2D eigenvalue weighted by Gasteiger charge is -2.15. The number of hydrogen-bond acceptors (Lipinski definition) is 7. The minimum Gasteiger partial charge on any atom is -0.459 e. The van der Waals surface area contributed by atoms with Crippen molar-refractivity contribution in [3.63, 3.8) is 0 Å². The van der Waals surface area contributed by atoms with Gasteiger partial charge in [0.25, 0.3) is 5.69 Å². The highest BCUT2D eigenvalue weighted by molar-refractivity contribution is 5.74. The van der Waals surface area contributed by atoms with E-state index in [0.29, 0.717) is 12.0 Å². The van der Waals surface area contributed by atoms with E-state index in [4.69, 9.17) is 4.74 Å². The van der Waals surface area contributed by atoms with E-state index in [0.717, 1.165) is 5.56 Å². The van der Waals surface area contributed by atoms with Crippen LogP contribution >= 0.6 is 0 Å². The van der Waals surface area contributed by atoms with E-state index in [1.54, 1.807) is 12.1 Å². The molecule has 9 nitrogen and oxygen atoms in total. The number of tetrazole rings is 1. The number of aromatic nitrogens is 4. The number of carbonyl (C=O) groups is 1. The fourth-order valence-electron chi connectivity index (χ4n) is 2.40. The van der Waals surface area contributed by atoms with Crippen molar-refractivity contribution >= 4 is 11.7 Å². The molecule has 0 spiro atoms. The number of nitro groups is 1. The monoisotopic (exact) mass is 353 g/mol. The Hall–Kier alpha value is -3.62. The first-order valence-electron chi connectivity index (χ1n) is 7.80. The molecule has 0 aliphatic rings. The number of esters is 1. The molecule has 0 saturated heterocycles. The molecule has 2 aromatic carbocycles. The maximum Gasteiger partial charge on any atom is 0.331 e. The van der Waals surface area contributed by atoms with Gasteiger partial charge < -0.3 is 4.74 Å². The number of rotatable bonds is 7. The first-order valence-corrected chi connectivity index (χ1v) is 7.80. The van der Waals surface area contributed by atoms with Gasteiger partial charge in [0.2, 0.25) is 0 Å². The average molecular weight is 353 g/mol. The van der Waals surface area contributed by atoms with Crippen molar-refractivity contribution in [2.24, 2.45) is 0 Å². The lowest BCUT2D eigenvalue weighted by atomic mass is 10.1. The summed E-state index contributed by atoms with van der Waals surface area (Å²) in [7, 11) is 0. The minimum absolute atomic E-state index is 0.00421. The molecule has 0 amide bonds. The van der Waals surface area contributed by atoms with Crippen LogP contribution in [0.25, 0.3) is 0 Å². The largest absolute Gasteiger partial charge is 0.459 e. The molecule has 3 aromatic rings. The van der Waals surface area contributed by atoms with Crippen LogP contribution in [0, 0.1) is 10.1 Å². The van der Waals surface area contributed by atoms with Crippen molar-refractivity contribution in [3.8, 4) is 0 Å². The normalized spacial score (nSPS) is 11.7. The summed E-state index contributed by atoms with van der Waals surface area (Å²) < 4.78 is 6.71. The SMILES string of the molecule is O=C(OCc1ccc([N+](=O)[O-])cc1)[C@@H](Cc1ccccc1)n1cnnn1. The van der Waals surface area contributed by atoms with Crippen molar-refractivity contribution in [3.05, 3.63) is 82.2 Å². The smallest absolute Gasteiger partial charge is 0.331 e. The third-order valence-corrected chi connectivity index (χ3v) is 3.76. The Bertz CT molecular complexity index is 866. The van der Waals surface area contributed by atoms with Crippen molar-refractivity contribution in [2.45, 2.75) is 19.1 Å². The van der Waals surface area contributed by atoms with Gasteiger partial charge in [0.05, 0.1) is 4.92 Å². The zero-order valence-electron chi connectivity index (χ0n) is 13.6. The fourth-order valence-corrected chi connectivity index (χ4v) is 2.40. The Morgan fingerprint density at radius 3 is 2.46 bits per heavy atom. The van der Waals surface area contributed by atoms with Gasteiger partial charge in [-0.05, 0) is 33.7 Å². The van der Waals surface area contributed by atoms with E-state index >= 15 is 0 Å². The second-order valence-electron chi connectivity index (χ2n) is 5.53. The second-order valence-corrected chi connectivity index (χ2v) is 5.53. The predicted octanol–water partition coefficient (Wildman–Crippen LogP) is 2.11. The zero-order chi connectivity index (χ0) is 18.4. The molecule has 0 N–H and O–H groups in total. The summed E-state index contributed by atoms with van der Waals surface area (Å²) in [5.41, 5.74) is 1.58. The highest BCUT2D eigenvalue weighted by Crippen LogP contribution is 2.17. The maximum atomic E-state index is 12.5. The molecule has 3 rings (SSSR count). The Morgan fingerprint density at radius 1 is 1.12 bits per heavy atom. The summed E-state index contributed by atoms with van der Waals surface area (Å²) in [6.07, 6.45) is 1.74. The Kier molecular flexibility index (Phi) is 5.28. The third kappa shape index (κ3) is 4.26. The molecule has 1 atom stereocenters. The minimum atomic E-state index is -0.703. The summed E-state index contributed by atoms with van der Waals surface area (Å²) in [6.45, 7) is 0.00421. The second kappa shape index (κ2) is 7.97. The van der Waals surface area contributed by atoms with Gasteiger partial charge in [-0.1, -0.05) is 30.3 Å². The molecule has 132 valence electrons.